The van der Waals surface area contributed by atoms with E-state index in [1.54, 1.807) is 16.8 Å². The van der Waals surface area contributed by atoms with Crippen LogP contribution in [-0.2, 0) is 13.0 Å². The van der Waals surface area contributed by atoms with Gasteiger partial charge in [0.25, 0.3) is 11.5 Å². The lowest BCUT2D eigenvalue weighted by Crippen LogP contribution is -2.42. The number of rotatable bonds is 1. The molecule has 1 fully saturated rings. The van der Waals surface area contributed by atoms with Crippen LogP contribution in [0, 0.1) is 6.92 Å². The lowest BCUT2D eigenvalue weighted by atomic mass is 10.1. The number of fused-ring (bicyclic) bond motifs is 4. The summed E-state index contributed by atoms with van der Waals surface area (Å²) in [6.07, 6.45) is 4.17. The molecule has 2 aliphatic heterocycles. The molecule has 0 radical (unpaired) electrons. The molecule has 0 saturated carbocycles. The molecule has 2 bridgehead atoms. The van der Waals surface area contributed by atoms with Gasteiger partial charge in [-0.05, 0) is 44.0 Å². The van der Waals surface area contributed by atoms with Gasteiger partial charge >= 0.3 is 0 Å². The van der Waals surface area contributed by atoms with Crippen molar-refractivity contribution in [2.75, 3.05) is 0 Å². The summed E-state index contributed by atoms with van der Waals surface area (Å²) in [6, 6.07) is 11.2. The third-order valence-electron chi connectivity index (χ3n) is 5.84. The first-order chi connectivity index (χ1) is 13.1. The summed E-state index contributed by atoms with van der Waals surface area (Å²) in [5.74, 6) is 0.796. The minimum Gasteiger partial charge on any atom is -0.330 e. The monoisotopic (exact) mass is 360 g/mol. The van der Waals surface area contributed by atoms with Crippen LogP contribution < -0.4 is 5.56 Å². The predicted molar refractivity (Wildman–Crippen MR) is 102 cm³/mol. The number of carbonyl (C=O) groups is 1. The smallest absolute Gasteiger partial charge is 0.261 e. The SMILES string of the molecule is Cc1ncccc1C(=O)N1[C@@H]2CC[C@@H]1Cn1c(nc3ccccc3c1=O)C2. The fourth-order valence-electron chi connectivity index (χ4n) is 4.50. The zero-order valence-corrected chi connectivity index (χ0v) is 15.1. The minimum atomic E-state index is -0.00638. The molecule has 0 spiro atoms. The molecular formula is C21H20N4O2. The molecule has 1 amide bonds. The number of hydrogen-bond acceptors (Lipinski definition) is 4. The number of para-hydroxylation sites is 1. The Morgan fingerprint density at radius 2 is 1.93 bits per heavy atom. The van der Waals surface area contributed by atoms with Gasteiger partial charge in [-0.25, -0.2) is 4.98 Å². The van der Waals surface area contributed by atoms with Gasteiger partial charge in [-0.2, -0.15) is 0 Å². The molecule has 6 heteroatoms. The van der Waals surface area contributed by atoms with Crippen LogP contribution in [-0.4, -0.2) is 37.4 Å². The molecule has 1 saturated heterocycles. The van der Waals surface area contributed by atoms with E-state index < -0.39 is 0 Å². The normalized spacial score (nSPS) is 21.1. The Hall–Kier alpha value is -3.02. The van der Waals surface area contributed by atoms with Crippen LogP contribution in [0.3, 0.4) is 0 Å². The number of hydrogen-bond donors (Lipinski definition) is 0. The Bertz CT molecular complexity index is 1120. The molecular weight excluding hydrogens is 340 g/mol. The van der Waals surface area contributed by atoms with E-state index in [1.807, 2.05) is 42.2 Å². The Labute approximate surface area is 156 Å². The molecule has 27 heavy (non-hydrogen) atoms. The van der Waals surface area contributed by atoms with Gasteiger partial charge in [-0.15, -0.1) is 0 Å². The summed E-state index contributed by atoms with van der Waals surface area (Å²) >= 11 is 0. The molecule has 136 valence electrons. The predicted octanol–water partition coefficient (Wildman–Crippen LogP) is 2.33. The van der Waals surface area contributed by atoms with E-state index in [1.165, 1.54) is 0 Å². The summed E-state index contributed by atoms with van der Waals surface area (Å²) in [4.78, 5) is 37.3. The highest BCUT2D eigenvalue weighted by Crippen LogP contribution is 2.32. The standard InChI is InChI=1S/C21H20N4O2/c1-13-16(6-4-10-22-13)21(27)25-14-8-9-15(25)12-24-19(11-14)23-18-7-3-2-5-17(18)20(24)26/h2-7,10,14-15H,8-9,11-12H2,1H3/t14-,15-/m1/s1. The first-order valence-electron chi connectivity index (χ1n) is 9.36. The molecule has 0 aliphatic carbocycles. The van der Waals surface area contributed by atoms with Gasteiger partial charge in [0, 0.05) is 30.9 Å². The summed E-state index contributed by atoms with van der Waals surface area (Å²) in [5.41, 5.74) is 2.11. The van der Waals surface area contributed by atoms with Crippen LogP contribution >= 0.6 is 0 Å². The number of aryl methyl sites for hydroxylation is 1. The number of pyridine rings is 1. The van der Waals surface area contributed by atoms with Crippen LogP contribution in [0.4, 0.5) is 0 Å². The maximum atomic E-state index is 13.3. The second-order valence-corrected chi connectivity index (χ2v) is 7.40. The van der Waals surface area contributed by atoms with Gasteiger partial charge in [-0.3, -0.25) is 19.1 Å². The second-order valence-electron chi connectivity index (χ2n) is 7.40. The highest BCUT2D eigenvalue weighted by atomic mass is 16.2. The number of carbonyl (C=O) groups excluding carboxylic acids is 1. The van der Waals surface area contributed by atoms with Crippen molar-refractivity contribution in [1.29, 1.82) is 0 Å². The van der Waals surface area contributed by atoms with E-state index >= 15 is 0 Å². The van der Waals surface area contributed by atoms with Crippen LogP contribution in [0.15, 0.2) is 47.4 Å². The van der Waals surface area contributed by atoms with Crippen LogP contribution in [0.2, 0.25) is 0 Å². The van der Waals surface area contributed by atoms with Crippen molar-refractivity contribution < 1.29 is 4.79 Å². The van der Waals surface area contributed by atoms with Gasteiger partial charge < -0.3 is 4.90 Å². The fourth-order valence-corrected chi connectivity index (χ4v) is 4.50. The molecule has 2 aromatic heterocycles. The van der Waals surface area contributed by atoms with Crippen LogP contribution in [0.25, 0.3) is 10.9 Å². The van der Waals surface area contributed by atoms with Gasteiger partial charge in [0.1, 0.15) is 5.82 Å². The molecule has 0 unspecified atom stereocenters. The fraction of sp³-hybridized carbons (Fsp3) is 0.333. The zero-order valence-electron chi connectivity index (χ0n) is 15.1. The van der Waals surface area contributed by atoms with E-state index in [4.69, 9.17) is 4.98 Å². The Morgan fingerprint density at radius 3 is 2.78 bits per heavy atom. The molecule has 6 nitrogen and oxygen atoms in total. The van der Waals surface area contributed by atoms with Crippen LogP contribution in [0.1, 0.15) is 34.7 Å². The van der Waals surface area contributed by atoms with Gasteiger partial charge in [0.05, 0.1) is 22.5 Å². The maximum absolute atomic E-state index is 13.3. The van der Waals surface area contributed by atoms with Crippen molar-refractivity contribution in [2.45, 2.75) is 44.8 Å². The van der Waals surface area contributed by atoms with Gasteiger partial charge in [-0.1, -0.05) is 12.1 Å². The lowest BCUT2D eigenvalue weighted by molar-refractivity contribution is 0.0664. The van der Waals surface area contributed by atoms with Crippen molar-refractivity contribution in [1.82, 2.24) is 19.4 Å². The molecule has 2 aliphatic rings. The van der Waals surface area contributed by atoms with Gasteiger partial charge in [0.2, 0.25) is 0 Å². The highest BCUT2D eigenvalue weighted by molar-refractivity contribution is 5.95. The Balaban J connectivity index is 1.59. The number of aromatic nitrogens is 3. The number of benzene rings is 1. The van der Waals surface area contributed by atoms with E-state index in [0.29, 0.717) is 23.9 Å². The van der Waals surface area contributed by atoms with E-state index in [9.17, 15) is 9.59 Å². The highest BCUT2D eigenvalue weighted by Gasteiger charge is 2.41. The summed E-state index contributed by atoms with van der Waals surface area (Å²) in [5, 5.41) is 0.639. The first-order valence-corrected chi connectivity index (χ1v) is 9.36. The molecule has 1 aromatic carbocycles. The zero-order chi connectivity index (χ0) is 18.5. The second kappa shape index (κ2) is 6.01. The summed E-state index contributed by atoms with van der Waals surface area (Å²) in [6.45, 7) is 2.37. The summed E-state index contributed by atoms with van der Waals surface area (Å²) < 4.78 is 1.78. The molecule has 0 N–H and O–H groups in total. The molecule has 2 atom stereocenters. The third-order valence-corrected chi connectivity index (χ3v) is 5.84. The summed E-state index contributed by atoms with van der Waals surface area (Å²) in [7, 11) is 0. The lowest BCUT2D eigenvalue weighted by Gasteiger charge is -2.28. The third kappa shape index (κ3) is 2.47. The Morgan fingerprint density at radius 1 is 1.11 bits per heavy atom. The average molecular weight is 360 g/mol. The van der Waals surface area contributed by atoms with Crippen molar-refractivity contribution in [3.63, 3.8) is 0 Å². The minimum absolute atomic E-state index is 0.00638. The molecule has 3 aromatic rings. The van der Waals surface area contributed by atoms with Gasteiger partial charge in [0.15, 0.2) is 0 Å². The average Bonchev–Trinajstić information content (AvgIpc) is 2.98. The van der Waals surface area contributed by atoms with Crippen LogP contribution in [0.5, 0.6) is 0 Å². The first kappa shape index (κ1) is 16.2. The molecule has 4 heterocycles. The van der Waals surface area contributed by atoms with Crippen molar-refractivity contribution in [2.24, 2.45) is 0 Å². The largest absolute Gasteiger partial charge is 0.330 e. The maximum Gasteiger partial charge on any atom is 0.261 e. The van der Waals surface area contributed by atoms with E-state index in [-0.39, 0.29) is 23.6 Å². The molecule has 5 rings (SSSR count). The number of amides is 1. The topological polar surface area (TPSA) is 68.1 Å². The van der Waals surface area contributed by atoms with E-state index in [0.717, 1.165) is 29.9 Å². The Kier molecular flexibility index (Phi) is 3.60. The van der Waals surface area contributed by atoms with Crippen molar-refractivity contribution in [3.8, 4) is 0 Å². The van der Waals surface area contributed by atoms with Crippen molar-refractivity contribution >= 4 is 16.8 Å². The quantitative estimate of drug-likeness (QED) is 0.668. The van der Waals surface area contributed by atoms with Crippen molar-refractivity contribution in [3.05, 3.63) is 70.0 Å². The number of nitrogens with zero attached hydrogens (tertiary/aromatic N) is 4. The van der Waals surface area contributed by atoms with E-state index in [2.05, 4.69) is 4.98 Å².